The van der Waals surface area contributed by atoms with E-state index in [-0.39, 0.29) is 22.3 Å². The molecule has 0 saturated carbocycles. The number of aromatic nitrogens is 2. The smallest absolute Gasteiger partial charge is 0.335 e. The molecule has 3 rings (SSSR count). The minimum atomic E-state index is -4.20. The summed E-state index contributed by atoms with van der Waals surface area (Å²) < 4.78 is 38.2. The molecule has 2 amide bonds. The van der Waals surface area contributed by atoms with Crippen LogP contribution >= 0.6 is 0 Å². The van der Waals surface area contributed by atoms with Crippen LogP contribution in [0.1, 0.15) is 25.2 Å². The lowest BCUT2D eigenvalue weighted by molar-refractivity contribution is -0.0442. The largest absolute Gasteiger partial charge is 0.449 e. The number of nitrogens with one attached hydrogen (secondary N) is 2. The van der Waals surface area contributed by atoms with Gasteiger partial charge in [-0.25, -0.2) is 27.9 Å². The fourth-order valence-electron chi connectivity index (χ4n) is 2.51. The van der Waals surface area contributed by atoms with Crippen molar-refractivity contribution in [3.63, 3.8) is 0 Å². The Morgan fingerprint density at radius 1 is 1.12 bits per heavy atom. The van der Waals surface area contributed by atoms with E-state index < -0.39 is 21.8 Å². The molecule has 10 heteroatoms. The number of nitrogens with zero attached hydrogens (tertiary/aromatic N) is 2. The van der Waals surface area contributed by atoms with Crippen LogP contribution in [0.3, 0.4) is 0 Å². The number of carbonyl (C=O) groups excluding carboxylic acids is 1. The van der Waals surface area contributed by atoms with Crippen molar-refractivity contribution in [2.75, 3.05) is 5.32 Å². The van der Waals surface area contributed by atoms with Gasteiger partial charge in [-0.2, -0.15) is 0 Å². The first-order valence-electron chi connectivity index (χ1n) is 7.73. The zero-order chi connectivity index (χ0) is 19.1. The second kappa shape index (κ2) is 6.13. The lowest BCUT2D eigenvalue weighted by Gasteiger charge is -2.16. The first-order valence-corrected chi connectivity index (χ1v) is 9.21. The van der Waals surface area contributed by atoms with Gasteiger partial charge in [0, 0.05) is 25.2 Å². The minimum absolute atomic E-state index is 0.00853. The molecule has 0 bridgehead atoms. The van der Waals surface area contributed by atoms with Crippen molar-refractivity contribution in [1.29, 1.82) is 0 Å². The van der Waals surface area contributed by atoms with Crippen LogP contribution in [0.25, 0.3) is 0 Å². The lowest BCUT2D eigenvalue weighted by atomic mass is 10.3. The first kappa shape index (κ1) is 17.9. The maximum absolute atomic E-state index is 12.6. The predicted molar refractivity (Wildman–Crippen MR) is 92.6 cm³/mol. The highest BCUT2D eigenvalue weighted by Crippen LogP contribution is 2.43. The fraction of sp³-hybridized carbons (Fsp3) is 0.312. The lowest BCUT2D eigenvalue weighted by Crippen LogP contribution is -2.35. The van der Waals surface area contributed by atoms with E-state index in [0.717, 1.165) is 0 Å². The number of fused-ring (bicyclic) bond motifs is 1. The molecule has 2 heterocycles. The van der Waals surface area contributed by atoms with Crippen molar-refractivity contribution in [3.05, 3.63) is 35.7 Å². The number of sulfonamides is 1. The van der Waals surface area contributed by atoms with Crippen LogP contribution in [-0.2, 0) is 10.0 Å². The summed E-state index contributed by atoms with van der Waals surface area (Å²) in [5.41, 5.74) is 1.29. The van der Waals surface area contributed by atoms with Crippen LogP contribution in [-0.4, -0.2) is 30.2 Å². The van der Waals surface area contributed by atoms with Crippen molar-refractivity contribution in [2.45, 2.75) is 38.4 Å². The molecule has 0 aliphatic carbocycles. The number of carbonyl (C=O) groups is 1. The van der Waals surface area contributed by atoms with Gasteiger partial charge in [0.2, 0.25) is 11.7 Å². The van der Waals surface area contributed by atoms with Crippen LogP contribution < -0.4 is 19.5 Å². The van der Waals surface area contributed by atoms with Crippen LogP contribution in [0.4, 0.5) is 10.7 Å². The molecule has 0 radical (unpaired) electrons. The summed E-state index contributed by atoms with van der Waals surface area (Å²) >= 11 is 0. The molecule has 9 nitrogen and oxygen atoms in total. The molecular weight excluding hydrogens is 360 g/mol. The maximum Gasteiger partial charge on any atom is 0.335 e. The third-order valence-corrected chi connectivity index (χ3v) is 4.73. The number of amides is 2. The SMILES string of the molecule is Cc1cc(C)nc(NC(=O)NS(=O)(=O)c2cccc3c2OC(C)(C)O3)n1. The van der Waals surface area contributed by atoms with E-state index in [1.54, 1.807) is 39.8 Å². The fourth-order valence-corrected chi connectivity index (χ4v) is 3.55. The average molecular weight is 378 g/mol. The Balaban J connectivity index is 1.82. The third kappa shape index (κ3) is 3.69. The molecule has 1 aliphatic heterocycles. The Morgan fingerprint density at radius 2 is 1.77 bits per heavy atom. The minimum Gasteiger partial charge on any atom is -0.449 e. The first-order chi connectivity index (χ1) is 12.1. The van der Waals surface area contributed by atoms with Crippen molar-refractivity contribution in [1.82, 2.24) is 14.7 Å². The van der Waals surface area contributed by atoms with E-state index in [4.69, 9.17) is 9.47 Å². The molecule has 0 unspecified atom stereocenters. The van der Waals surface area contributed by atoms with E-state index in [0.29, 0.717) is 11.4 Å². The topological polar surface area (TPSA) is 120 Å². The summed E-state index contributed by atoms with van der Waals surface area (Å²) in [7, 11) is -4.20. The number of para-hydroxylation sites is 1. The van der Waals surface area contributed by atoms with E-state index in [9.17, 15) is 13.2 Å². The number of hydrogen-bond acceptors (Lipinski definition) is 7. The molecule has 1 aromatic carbocycles. The molecule has 1 aromatic heterocycles. The van der Waals surface area contributed by atoms with E-state index in [1.165, 1.54) is 12.1 Å². The zero-order valence-corrected chi connectivity index (χ0v) is 15.5. The molecule has 1 aliphatic rings. The Hall–Kier alpha value is -2.88. The van der Waals surface area contributed by atoms with Gasteiger partial charge in [-0.1, -0.05) is 6.07 Å². The molecule has 0 saturated heterocycles. The number of urea groups is 1. The summed E-state index contributed by atoms with van der Waals surface area (Å²) in [4.78, 5) is 20.0. The molecule has 0 fully saturated rings. The van der Waals surface area contributed by atoms with Crippen molar-refractivity contribution >= 4 is 22.0 Å². The van der Waals surface area contributed by atoms with Gasteiger partial charge in [-0.05, 0) is 32.0 Å². The van der Waals surface area contributed by atoms with Gasteiger partial charge in [0.05, 0.1) is 0 Å². The van der Waals surface area contributed by atoms with Gasteiger partial charge < -0.3 is 9.47 Å². The van der Waals surface area contributed by atoms with E-state index in [2.05, 4.69) is 15.3 Å². The normalized spacial score (nSPS) is 14.8. The quantitative estimate of drug-likeness (QED) is 0.839. The predicted octanol–water partition coefficient (Wildman–Crippen LogP) is 2.11. The van der Waals surface area contributed by atoms with Gasteiger partial charge in [-0.15, -0.1) is 0 Å². The van der Waals surface area contributed by atoms with E-state index in [1.807, 2.05) is 4.72 Å². The summed E-state index contributed by atoms with van der Waals surface area (Å²) in [6.45, 7) is 6.78. The third-order valence-electron chi connectivity index (χ3n) is 3.37. The number of anilines is 1. The van der Waals surface area contributed by atoms with Crippen molar-refractivity contribution in [2.24, 2.45) is 0 Å². The van der Waals surface area contributed by atoms with Gasteiger partial charge in [0.25, 0.3) is 10.0 Å². The van der Waals surface area contributed by atoms with Crippen molar-refractivity contribution in [3.8, 4) is 11.5 Å². The standard InChI is InChI=1S/C16H18N4O5S/c1-9-8-10(2)18-14(17-9)19-15(21)20-26(22,23)12-7-5-6-11-13(12)25-16(3,4)24-11/h5-8H,1-4H3,(H2,17,18,19,20,21). The number of aryl methyl sites for hydroxylation is 2. The summed E-state index contributed by atoms with van der Waals surface area (Å²) in [5, 5.41) is 2.31. The van der Waals surface area contributed by atoms with Gasteiger partial charge in [0.15, 0.2) is 11.5 Å². The Bertz CT molecular complexity index is 968. The van der Waals surface area contributed by atoms with Gasteiger partial charge in [-0.3, -0.25) is 5.32 Å². The van der Waals surface area contributed by atoms with Crippen molar-refractivity contribution < 1.29 is 22.7 Å². The number of ether oxygens (including phenoxy) is 2. The second-order valence-electron chi connectivity index (χ2n) is 6.22. The highest BCUT2D eigenvalue weighted by Gasteiger charge is 2.37. The summed E-state index contributed by atoms with van der Waals surface area (Å²) in [5.74, 6) is -0.644. The molecule has 0 spiro atoms. The average Bonchev–Trinajstić information content (AvgIpc) is 2.78. The molecule has 0 atom stereocenters. The Kier molecular flexibility index (Phi) is 4.23. The van der Waals surface area contributed by atoms with Gasteiger partial charge >= 0.3 is 6.03 Å². The number of benzene rings is 1. The maximum atomic E-state index is 12.6. The van der Waals surface area contributed by atoms with Crippen LogP contribution in [0.15, 0.2) is 29.2 Å². The highest BCUT2D eigenvalue weighted by molar-refractivity contribution is 7.90. The molecular formula is C16H18N4O5S. The molecule has 26 heavy (non-hydrogen) atoms. The molecule has 2 aromatic rings. The zero-order valence-electron chi connectivity index (χ0n) is 14.7. The summed E-state index contributed by atoms with van der Waals surface area (Å²) in [6, 6.07) is 5.17. The highest BCUT2D eigenvalue weighted by atomic mass is 32.2. The van der Waals surface area contributed by atoms with Crippen LogP contribution in [0.5, 0.6) is 11.5 Å². The second-order valence-corrected chi connectivity index (χ2v) is 7.87. The van der Waals surface area contributed by atoms with Gasteiger partial charge in [0.1, 0.15) is 4.90 Å². The summed E-state index contributed by atoms with van der Waals surface area (Å²) in [6.07, 6.45) is 0. The van der Waals surface area contributed by atoms with Crippen LogP contribution in [0.2, 0.25) is 0 Å². The number of hydrogen-bond donors (Lipinski definition) is 2. The number of rotatable bonds is 3. The van der Waals surface area contributed by atoms with E-state index >= 15 is 0 Å². The Morgan fingerprint density at radius 3 is 2.42 bits per heavy atom. The molecule has 2 N–H and O–H groups in total. The monoisotopic (exact) mass is 378 g/mol. The molecule has 138 valence electrons. The Labute approximate surface area is 150 Å². The van der Waals surface area contributed by atoms with Crippen LogP contribution in [0, 0.1) is 13.8 Å².